The molecule has 0 spiro atoms. The average molecular weight is 292 g/mol. The molecular formula is C14H16N2OS2. The van der Waals surface area contributed by atoms with Gasteiger partial charge in [-0.1, -0.05) is 25.2 Å². The second-order valence-corrected chi connectivity index (χ2v) is 5.71. The molecule has 3 nitrogen and oxygen atoms in total. The van der Waals surface area contributed by atoms with Crippen LogP contribution >= 0.6 is 24.0 Å². The number of thioether (sulfide) groups is 1. The van der Waals surface area contributed by atoms with Gasteiger partial charge in [0.1, 0.15) is 4.99 Å². The Labute approximate surface area is 122 Å². The summed E-state index contributed by atoms with van der Waals surface area (Å²) in [5.74, 6) is 0.987. The van der Waals surface area contributed by atoms with Crippen LogP contribution in [0.2, 0.25) is 0 Å². The number of nitrogens with one attached hydrogen (secondary N) is 1. The SMILES string of the molecule is CCSc1cccc(NCc2ccoc2)c1C(N)=S. The van der Waals surface area contributed by atoms with E-state index in [0.29, 0.717) is 11.5 Å². The number of anilines is 1. The largest absolute Gasteiger partial charge is 0.472 e. The second kappa shape index (κ2) is 6.63. The minimum Gasteiger partial charge on any atom is -0.472 e. The van der Waals surface area contributed by atoms with E-state index in [2.05, 4.69) is 12.2 Å². The highest BCUT2D eigenvalue weighted by atomic mass is 32.2. The molecule has 100 valence electrons. The molecule has 0 bridgehead atoms. The Bertz CT molecular complexity index is 553. The third-order valence-corrected chi connectivity index (χ3v) is 3.78. The predicted octanol–water partition coefficient (Wildman–Crippen LogP) is 3.64. The Morgan fingerprint density at radius 3 is 2.89 bits per heavy atom. The molecule has 0 amide bonds. The monoisotopic (exact) mass is 292 g/mol. The summed E-state index contributed by atoms with van der Waals surface area (Å²) in [4.78, 5) is 1.54. The van der Waals surface area contributed by atoms with Crippen LogP contribution in [-0.4, -0.2) is 10.7 Å². The summed E-state index contributed by atoms with van der Waals surface area (Å²) >= 11 is 6.91. The van der Waals surface area contributed by atoms with Crippen LogP contribution in [0.3, 0.4) is 0 Å². The number of thiocarbonyl (C=S) groups is 1. The maximum absolute atomic E-state index is 5.85. The summed E-state index contributed by atoms with van der Waals surface area (Å²) in [6.07, 6.45) is 3.38. The van der Waals surface area contributed by atoms with E-state index in [1.807, 2.05) is 24.3 Å². The van der Waals surface area contributed by atoms with Crippen molar-refractivity contribution in [3.05, 3.63) is 47.9 Å². The maximum atomic E-state index is 5.85. The predicted molar refractivity (Wildman–Crippen MR) is 84.8 cm³/mol. The second-order valence-electron chi connectivity index (χ2n) is 3.96. The topological polar surface area (TPSA) is 51.2 Å². The lowest BCUT2D eigenvalue weighted by molar-refractivity contribution is 0.564. The normalized spacial score (nSPS) is 10.4. The number of hydrogen-bond donors (Lipinski definition) is 2. The first-order valence-electron chi connectivity index (χ1n) is 6.03. The van der Waals surface area contributed by atoms with Gasteiger partial charge in [0.15, 0.2) is 0 Å². The first-order valence-corrected chi connectivity index (χ1v) is 7.42. The van der Waals surface area contributed by atoms with E-state index in [1.54, 1.807) is 24.3 Å². The van der Waals surface area contributed by atoms with Crippen LogP contribution in [0.15, 0.2) is 46.1 Å². The van der Waals surface area contributed by atoms with Crippen LogP contribution in [0.4, 0.5) is 5.69 Å². The van der Waals surface area contributed by atoms with Crippen molar-refractivity contribution in [1.82, 2.24) is 0 Å². The molecule has 0 radical (unpaired) electrons. The molecule has 1 heterocycles. The van der Waals surface area contributed by atoms with Gasteiger partial charge in [0.2, 0.25) is 0 Å². The highest BCUT2D eigenvalue weighted by Gasteiger charge is 2.11. The van der Waals surface area contributed by atoms with Gasteiger partial charge in [-0.15, -0.1) is 11.8 Å². The molecule has 0 aliphatic heterocycles. The van der Waals surface area contributed by atoms with Gasteiger partial charge in [-0.2, -0.15) is 0 Å². The Morgan fingerprint density at radius 1 is 1.42 bits per heavy atom. The first-order chi connectivity index (χ1) is 9.22. The smallest absolute Gasteiger partial charge is 0.107 e. The van der Waals surface area contributed by atoms with Gasteiger partial charge in [-0.05, 0) is 24.0 Å². The summed E-state index contributed by atoms with van der Waals surface area (Å²) in [6.45, 7) is 2.80. The summed E-state index contributed by atoms with van der Waals surface area (Å²) in [6, 6.07) is 7.98. The van der Waals surface area contributed by atoms with E-state index in [0.717, 1.165) is 27.5 Å². The van der Waals surface area contributed by atoms with E-state index < -0.39 is 0 Å². The Kier molecular flexibility index (Phi) is 4.87. The molecule has 0 unspecified atom stereocenters. The van der Waals surface area contributed by atoms with Gasteiger partial charge in [0.25, 0.3) is 0 Å². The lowest BCUT2D eigenvalue weighted by atomic mass is 10.1. The molecule has 0 saturated heterocycles. The number of nitrogens with two attached hydrogens (primary N) is 1. The highest BCUT2D eigenvalue weighted by molar-refractivity contribution is 7.99. The van der Waals surface area contributed by atoms with Gasteiger partial charge in [-0.3, -0.25) is 0 Å². The molecule has 5 heteroatoms. The van der Waals surface area contributed by atoms with Gasteiger partial charge in [-0.25, -0.2) is 0 Å². The van der Waals surface area contributed by atoms with Crippen molar-refractivity contribution in [3.63, 3.8) is 0 Å². The Morgan fingerprint density at radius 2 is 2.26 bits per heavy atom. The van der Waals surface area contributed by atoms with E-state index in [-0.39, 0.29) is 0 Å². The molecule has 19 heavy (non-hydrogen) atoms. The molecule has 0 saturated carbocycles. The van der Waals surface area contributed by atoms with E-state index in [9.17, 15) is 0 Å². The van der Waals surface area contributed by atoms with Crippen LogP contribution in [0, 0.1) is 0 Å². The molecule has 0 aliphatic carbocycles. The van der Waals surface area contributed by atoms with Crippen LogP contribution in [-0.2, 0) is 6.54 Å². The van der Waals surface area contributed by atoms with Gasteiger partial charge < -0.3 is 15.5 Å². The van der Waals surface area contributed by atoms with Crippen molar-refractivity contribution < 1.29 is 4.42 Å². The highest BCUT2D eigenvalue weighted by Crippen LogP contribution is 2.28. The van der Waals surface area contributed by atoms with Gasteiger partial charge in [0, 0.05) is 28.3 Å². The lowest BCUT2D eigenvalue weighted by Crippen LogP contribution is -2.14. The third kappa shape index (κ3) is 3.52. The van der Waals surface area contributed by atoms with Crippen LogP contribution in [0.1, 0.15) is 18.1 Å². The van der Waals surface area contributed by atoms with Crippen LogP contribution in [0.5, 0.6) is 0 Å². The molecule has 0 atom stereocenters. The van der Waals surface area contributed by atoms with E-state index >= 15 is 0 Å². The van der Waals surface area contributed by atoms with Crippen molar-refractivity contribution in [3.8, 4) is 0 Å². The van der Waals surface area contributed by atoms with Crippen LogP contribution in [0.25, 0.3) is 0 Å². The van der Waals surface area contributed by atoms with Crippen molar-refractivity contribution in [2.75, 3.05) is 11.1 Å². The van der Waals surface area contributed by atoms with Crippen LogP contribution < -0.4 is 11.1 Å². The molecular weight excluding hydrogens is 276 g/mol. The van der Waals surface area contributed by atoms with E-state index in [4.69, 9.17) is 22.4 Å². The number of rotatable bonds is 6. The zero-order valence-electron chi connectivity index (χ0n) is 10.7. The van der Waals surface area contributed by atoms with Crippen molar-refractivity contribution in [2.45, 2.75) is 18.4 Å². The van der Waals surface area contributed by atoms with Gasteiger partial charge >= 0.3 is 0 Å². The number of benzene rings is 1. The number of hydrogen-bond acceptors (Lipinski definition) is 4. The van der Waals surface area contributed by atoms with E-state index in [1.165, 1.54) is 0 Å². The van der Waals surface area contributed by atoms with Gasteiger partial charge in [0.05, 0.1) is 12.5 Å². The third-order valence-electron chi connectivity index (χ3n) is 2.64. The molecule has 2 aromatic rings. The standard InChI is InChI=1S/C14H16N2OS2/c1-2-19-12-5-3-4-11(13(12)14(15)18)16-8-10-6-7-17-9-10/h3-7,9,16H,2,8H2,1H3,(H2,15,18). The van der Waals surface area contributed by atoms with Crippen molar-refractivity contribution in [1.29, 1.82) is 0 Å². The molecule has 2 rings (SSSR count). The average Bonchev–Trinajstić information content (AvgIpc) is 2.89. The molecule has 3 N–H and O–H groups in total. The fraction of sp³-hybridized carbons (Fsp3) is 0.214. The number of furan rings is 1. The summed E-state index contributed by atoms with van der Waals surface area (Å²) in [5.41, 5.74) is 8.83. The quantitative estimate of drug-likeness (QED) is 0.629. The van der Waals surface area contributed by atoms with Crippen molar-refractivity contribution in [2.24, 2.45) is 5.73 Å². The minimum absolute atomic E-state index is 0.422. The first kappa shape index (κ1) is 14.0. The maximum Gasteiger partial charge on any atom is 0.107 e. The summed E-state index contributed by atoms with van der Waals surface area (Å²) in [7, 11) is 0. The zero-order chi connectivity index (χ0) is 13.7. The molecule has 0 aliphatic rings. The lowest BCUT2D eigenvalue weighted by Gasteiger charge is -2.14. The Balaban J connectivity index is 2.23. The summed E-state index contributed by atoms with van der Waals surface area (Å²) in [5, 5.41) is 3.35. The Hall–Kier alpha value is -1.46. The van der Waals surface area contributed by atoms with Crippen molar-refractivity contribution >= 4 is 34.7 Å². The minimum atomic E-state index is 0.422. The fourth-order valence-electron chi connectivity index (χ4n) is 1.80. The molecule has 0 fully saturated rings. The molecule has 1 aromatic heterocycles. The summed E-state index contributed by atoms with van der Waals surface area (Å²) < 4.78 is 5.05. The zero-order valence-corrected chi connectivity index (χ0v) is 12.3. The molecule has 1 aromatic carbocycles. The fourth-order valence-corrected chi connectivity index (χ4v) is 2.93.